The molecule has 14 heavy (non-hydrogen) atoms. The molecule has 0 aromatic heterocycles. The molecule has 0 fully saturated rings. The molecule has 0 heterocycles. The number of methoxy groups -OCH3 is 1. The second-order valence-corrected chi connectivity index (χ2v) is 4.82. The fourth-order valence-corrected chi connectivity index (χ4v) is 2.36. The topological polar surface area (TPSA) is 43.4 Å². The van der Waals surface area contributed by atoms with Gasteiger partial charge in [-0.3, -0.25) is 0 Å². The first-order valence-corrected chi connectivity index (χ1v) is 6.02. The Balaban J connectivity index is 3.18. The highest BCUT2D eigenvalue weighted by molar-refractivity contribution is 9.10. The quantitative estimate of drug-likeness (QED) is 0.799. The van der Waals surface area contributed by atoms with E-state index in [9.17, 15) is 12.3 Å². The van der Waals surface area contributed by atoms with Crippen LogP contribution in [0.3, 0.4) is 0 Å². The highest BCUT2D eigenvalue weighted by atomic mass is 79.9. The molecule has 0 spiro atoms. The number of halogens is 2. The number of hydrogen-bond acceptors (Lipinski definition) is 3. The molecular weight excluding hydrogens is 275 g/mol. The molecule has 3 nitrogen and oxygen atoms in total. The average Bonchev–Trinajstić information content (AvgIpc) is 2.06. The van der Waals surface area contributed by atoms with Gasteiger partial charge in [0.25, 0.3) is 0 Å². The maximum Gasteiger partial charge on any atom is 0.306 e. The van der Waals surface area contributed by atoms with E-state index in [2.05, 4.69) is 15.9 Å². The van der Waals surface area contributed by atoms with Gasteiger partial charge in [0.15, 0.2) is 0 Å². The van der Waals surface area contributed by atoms with Crippen LogP contribution in [-0.4, -0.2) is 15.5 Å². The van der Waals surface area contributed by atoms with Gasteiger partial charge in [0.1, 0.15) is 11.5 Å². The molecule has 0 N–H and O–H groups in total. The Morgan fingerprint density at radius 1 is 1.50 bits per heavy atom. The predicted molar refractivity (Wildman–Crippen MR) is 54.4 cm³/mol. The molecule has 0 bridgehead atoms. The minimum absolute atomic E-state index is 0.289. The standard InChI is InChI=1S/C8H8BrFO3S/c1-13-8-4-2-3-7(9)6(8)5-14(10,11)12/h2-4H,5H2,1H3. The molecule has 1 rings (SSSR count). The molecule has 0 amide bonds. The Bertz CT molecular complexity index is 430. The van der Waals surface area contributed by atoms with Crippen molar-refractivity contribution in [3.8, 4) is 5.75 Å². The van der Waals surface area contributed by atoms with Gasteiger partial charge in [-0.15, -0.1) is 3.89 Å². The summed E-state index contributed by atoms with van der Waals surface area (Å²) in [7, 11) is -3.14. The summed E-state index contributed by atoms with van der Waals surface area (Å²) in [5.74, 6) is -0.335. The summed E-state index contributed by atoms with van der Waals surface area (Å²) < 4.78 is 38.8. The molecule has 0 saturated heterocycles. The molecule has 1 aromatic rings. The van der Waals surface area contributed by atoms with Crippen molar-refractivity contribution < 1.29 is 17.0 Å². The summed E-state index contributed by atoms with van der Waals surface area (Å²) in [6.45, 7) is 0. The van der Waals surface area contributed by atoms with Crippen LogP contribution >= 0.6 is 15.9 Å². The van der Waals surface area contributed by atoms with Gasteiger partial charge < -0.3 is 4.74 Å². The molecule has 0 atom stereocenters. The van der Waals surface area contributed by atoms with Crippen molar-refractivity contribution in [2.75, 3.05) is 7.11 Å². The lowest BCUT2D eigenvalue weighted by Crippen LogP contribution is -2.00. The maximum absolute atomic E-state index is 12.5. The highest BCUT2D eigenvalue weighted by Crippen LogP contribution is 2.28. The normalized spacial score (nSPS) is 11.4. The Morgan fingerprint density at radius 3 is 2.64 bits per heavy atom. The first kappa shape index (κ1) is 11.5. The largest absolute Gasteiger partial charge is 0.496 e. The summed E-state index contributed by atoms with van der Waals surface area (Å²) >= 11 is 3.13. The third-order valence-corrected chi connectivity index (χ3v) is 2.99. The summed E-state index contributed by atoms with van der Waals surface area (Å²) in [5, 5.41) is 0. The van der Waals surface area contributed by atoms with E-state index in [1.165, 1.54) is 7.11 Å². The smallest absolute Gasteiger partial charge is 0.306 e. The fraction of sp³-hybridized carbons (Fsp3) is 0.250. The summed E-state index contributed by atoms with van der Waals surface area (Å²) in [6.07, 6.45) is 0. The van der Waals surface area contributed by atoms with Crippen molar-refractivity contribution in [1.82, 2.24) is 0 Å². The second-order valence-electron chi connectivity index (χ2n) is 2.60. The van der Waals surface area contributed by atoms with Gasteiger partial charge in [-0.2, -0.15) is 8.42 Å². The monoisotopic (exact) mass is 282 g/mol. The van der Waals surface area contributed by atoms with Crippen LogP contribution in [0.2, 0.25) is 0 Å². The van der Waals surface area contributed by atoms with Crippen LogP contribution in [-0.2, 0) is 16.0 Å². The van der Waals surface area contributed by atoms with E-state index in [-0.39, 0.29) is 5.56 Å². The number of benzene rings is 1. The molecule has 0 aliphatic rings. The van der Waals surface area contributed by atoms with Gasteiger partial charge in [0.2, 0.25) is 0 Å². The molecule has 6 heteroatoms. The third-order valence-electron chi connectivity index (χ3n) is 1.61. The molecule has 0 unspecified atom stereocenters. The Labute approximate surface area is 90.2 Å². The number of rotatable bonds is 3. The first-order valence-electron chi connectivity index (χ1n) is 3.68. The fourth-order valence-electron chi connectivity index (χ4n) is 1.04. The predicted octanol–water partition coefficient (Wildman–Crippen LogP) is 2.26. The van der Waals surface area contributed by atoms with Crippen LogP contribution in [0.5, 0.6) is 5.75 Å². The Hall–Kier alpha value is -0.620. The average molecular weight is 283 g/mol. The van der Waals surface area contributed by atoms with Gasteiger partial charge in [-0.25, -0.2) is 0 Å². The lowest BCUT2D eigenvalue weighted by atomic mass is 10.2. The molecule has 1 aromatic carbocycles. The zero-order valence-electron chi connectivity index (χ0n) is 7.33. The minimum atomic E-state index is -4.54. The SMILES string of the molecule is COc1cccc(Br)c1CS(=O)(=O)F. The second kappa shape index (κ2) is 4.27. The van der Waals surface area contributed by atoms with Crippen LogP contribution in [0.25, 0.3) is 0 Å². The summed E-state index contributed by atoms with van der Waals surface area (Å²) in [4.78, 5) is 0. The van der Waals surface area contributed by atoms with Crippen LogP contribution < -0.4 is 4.74 Å². The van der Waals surface area contributed by atoms with E-state index < -0.39 is 16.0 Å². The summed E-state index contributed by atoms with van der Waals surface area (Å²) in [5.41, 5.74) is 0.289. The van der Waals surface area contributed by atoms with Crippen molar-refractivity contribution in [3.05, 3.63) is 28.2 Å². The van der Waals surface area contributed by atoms with E-state index in [1.54, 1.807) is 18.2 Å². The van der Waals surface area contributed by atoms with E-state index in [1.807, 2.05) is 0 Å². The van der Waals surface area contributed by atoms with E-state index in [0.717, 1.165) is 0 Å². The third kappa shape index (κ3) is 2.95. The van der Waals surface area contributed by atoms with Crippen LogP contribution in [0.15, 0.2) is 22.7 Å². The lowest BCUT2D eigenvalue weighted by molar-refractivity contribution is 0.410. The Morgan fingerprint density at radius 2 is 2.14 bits per heavy atom. The van der Waals surface area contributed by atoms with Crippen LogP contribution in [0.1, 0.15) is 5.56 Å². The molecule has 0 saturated carbocycles. The van der Waals surface area contributed by atoms with Gasteiger partial charge in [0.05, 0.1) is 7.11 Å². The summed E-state index contributed by atoms with van der Waals surface area (Å²) in [6, 6.07) is 4.88. The van der Waals surface area contributed by atoms with Crippen LogP contribution in [0.4, 0.5) is 3.89 Å². The molecule has 0 aliphatic carbocycles. The van der Waals surface area contributed by atoms with Gasteiger partial charge in [-0.1, -0.05) is 22.0 Å². The van der Waals surface area contributed by atoms with Gasteiger partial charge >= 0.3 is 10.2 Å². The number of hydrogen-bond donors (Lipinski definition) is 0. The van der Waals surface area contributed by atoms with E-state index in [0.29, 0.717) is 10.2 Å². The highest BCUT2D eigenvalue weighted by Gasteiger charge is 2.15. The minimum Gasteiger partial charge on any atom is -0.496 e. The van der Waals surface area contributed by atoms with Crippen molar-refractivity contribution >= 4 is 26.2 Å². The van der Waals surface area contributed by atoms with Crippen molar-refractivity contribution in [1.29, 1.82) is 0 Å². The van der Waals surface area contributed by atoms with Crippen molar-refractivity contribution in [2.24, 2.45) is 0 Å². The Kier molecular flexibility index (Phi) is 3.49. The molecule has 0 radical (unpaired) electrons. The number of ether oxygens (including phenoxy) is 1. The first-order chi connectivity index (χ1) is 6.44. The van der Waals surface area contributed by atoms with Gasteiger partial charge in [0, 0.05) is 10.0 Å². The van der Waals surface area contributed by atoms with Gasteiger partial charge in [-0.05, 0) is 12.1 Å². The zero-order valence-corrected chi connectivity index (χ0v) is 9.73. The zero-order chi connectivity index (χ0) is 10.8. The van der Waals surface area contributed by atoms with Crippen LogP contribution in [0, 0.1) is 0 Å². The van der Waals surface area contributed by atoms with Crippen molar-refractivity contribution in [3.63, 3.8) is 0 Å². The molecule has 78 valence electrons. The molecular formula is C8H8BrFO3S. The maximum atomic E-state index is 12.5. The van der Waals surface area contributed by atoms with E-state index in [4.69, 9.17) is 4.74 Å². The molecule has 0 aliphatic heterocycles. The lowest BCUT2D eigenvalue weighted by Gasteiger charge is -2.07. The van der Waals surface area contributed by atoms with E-state index >= 15 is 0 Å². The van der Waals surface area contributed by atoms with Crippen molar-refractivity contribution in [2.45, 2.75) is 5.75 Å².